The number of aromatic nitrogens is 2. The number of hydrogen-bond acceptors (Lipinski definition) is 7. The van der Waals surface area contributed by atoms with E-state index in [2.05, 4.69) is 60.5 Å². The van der Waals surface area contributed by atoms with Gasteiger partial charge >= 0.3 is 0 Å². The van der Waals surface area contributed by atoms with E-state index in [-0.39, 0.29) is 17.6 Å². The number of aliphatic hydroxyl groups is 1. The highest BCUT2D eigenvalue weighted by molar-refractivity contribution is 14.1. The lowest BCUT2D eigenvalue weighted by atomic mass is 9.84. The zero-order valence-corrected chi connectivity index (χ0v) is 27.9. The lowest BCUT2D eigenvalue weighted by Crippen LogP contribution is -2.49. The van der Waals surface area contributed by atoms with Gasteiger partial charge in [0, 0.05) is 52.3 Å². The first kappa shape index (κ1) is 31.2. The van der Waals surface area contributed by atoms with Crippen molar-refractivity contribution in [2.75, 3.05) is 35.0 Å². The molecule has 2 atom stereocenters. The minimum absolute atomic E-state index is 0.146. The van der Waals surface area contributed by atoms with Crippen LogP contribution in [0.3, 0.4) is 0 Å². The number of benzene rings is 2. The first-order chi connectivity index (χ1) is 18.8. The molecule has 1 saturated heterocycles. The number of carbonyl (C=O) groups is 1. The van der Waals surface area contributed by atoms with Crippen molar-refractivity contribution in [1.82, 2.24) is 14.7 Å². The number of amides is 1. The van der Waals surface area contributed by atoms with Crippen LogP contribution >= 0.6 is 45.2 Å². The molecule has 9 nitrogen and oxygen atoms in total. The molecule has 0 aliphatic carbocycles. The zero-order valence-electron chi connectivity index (χ0n) is 22.7. The van der Waals surface area contributed by atoms with Crippen LogP contribution in [-0.4, -0.2) is 69.4 Å². The van der Waals surface area contributed by atoms with E-state index in [0.29, 0.717) is 40.4 Å². The Morgan fingerprint density at radius 2 is 1.98 bits per heavy atom. The van der Waals surface area contributed by atoms with Gasteiger partial charge in [-0.3, -0.25) is 9.69 Å². The van der Waals surface area contributed by atoms with Gasteiger partial charge < -0.3 is 15.2 Å². The number of sulfone groups is 1. The van der Waals surface area contributed by atoms with Crippen molar-refractivity contribution < 1.29 is 23.1 Å². The van der Waals surface area contributed by atoms with Gasteiger partial charge in [0.05, 0.1) is 28.3 Å². The van der Waals surface area contributed by atoms with Gasteiger partial charge in [-0.2, -0.15) is 5.10 Å². The van der Waals surface area contributed by atoms with Gasteiger partial charge in [-0.15, -0.1) is 0 Å². The maximum Gasteiger partial charge on any atom is 0.259 e. The first-order valence-corrected chi connectivity index (χ1v) is 17.6. The fourth-order valence-corrected chi connectivity index (χ4v) is 7.15. The Kier molecular flexibility index (Phi) is 10.2. The zero-order chi connectivity index (χ0) is 29.1. The molecule has 0 spiro atoms. The summed E-state index contributed by atoms with van der Waals surface area (Å²) in [5.74, 6) is 0.0178. The van der Waals surface area contributed by atoms with E-state index >= 15 is 0 Å². The van der Waals surface area contributed by atoms with Crippen molar-refractivity contribution in [2.24, 2.45) is 5.92 Å². The Morgan fingerprint density at radius 1 is 1.25 bits per heavy atom. The predicted molar refractivity (Wildman–Crippen MR) is 173 cm³/mol. The van der Waals surface area contributed by atoms with E-state index in [0.717, 1.165) is 40.5 Å². The Hall–Kier alpha value is -1.75. The van der Waals surface area contributed by atoms with Crippen molar-refractivity contribution in [3.63, 3.8) is 0 Å². The predicted octanol–water partition coefficient (Wildman–Crippen LogP) is 4.82. The number of anilines is 1. The lowest BCUT2D eigenvalue weighted by Gasteiger charge is -2.40. The van der Waals surface area contributed by atoms with Crippen LogP contribution in [0, 0.1) is 16.4 Å². The van der Waals surface area contributed by atoms with Gasteiger partial charge in [0.15, 0.2) is 0 Å². The number of aryl methyl sites for hydroxylation is 1. The number of ether oxygens (including phenoxy) is 1. The summed E-state index contributed by atoms with van der Waals surface area (Å²) in [4.78, 5) is 15.4. The van der Waals surface area contributed by atoms with Gasteiger partial charge in [0.2, 0.25) is 0 Å². The van der Waals surface area contributed by atoms with Crippen LogP contribution in [0.25, 0.3) is 5.69 Å². The summed E-state index contributed by atoms with van der Waals surface area (Å²) in [6, 6.07) is 13.5. The molecule has 0 radical (unpaired) electrons. The van der Waals surface area contributed by atoms with Crippen LogP contribution < -0.4 is 10.1 Å². The molecule has 1 fully saturated rings. The molecule has 40 heavy (non-hydrogen) atoms. The van der Waals surface area contributed by atoms with Crippen LogP contribution in [0.15, 0.2) is 48.7 Å². The fourth-order valence-electron chi connectivity index (χ4n) is 5.16. The summed E-state index contributed by atoms with van der Waals surface area (Å²) in [5.41, 5.74) is 2.28. The number of halogens is 2. The minimum atomic E-state index is -3.30. The molecule has 1 aromatic heterocycles. The van der Waals surface area contributed by atoms with Crippen molar-refractivity contribution in [3.05, 3.63) is 69.1 Å². The molecule has 216 valence electrons. The van der Waals surface area contributed by atoms with Gasteiger partial charge in [-0.25, -0.2) is 13.1 Å². The summed E-state index contributed by atoms with van der Waals surface area (Å²) < 4.78 is 32.9. The van der Waals surface area contributed by atoms with Crippen LogP contribution in [0.2, 0.25) is 0 Å². The van der Waals surface area contributed by atoms with Crippen LogP contribution in [0.5, 0.6) is 5.75 Å². The summed E-state index contributed by atoms with van der Waals surface area (Å²) in [7, 11) is -3.30. The topological polar surface area (TPSA) is 114 Å². The average molecular weight is 792 g/mol. The van der Waals surface area contributed by atoms with E-state index in [1.165, 1.54) is 0 Å². The molecule has 1 unspecified atom stereocenters. The van der Waals surface area contributed by atoms with E-state index < -0.39 is 15.4 Å². The number of alkyl halides is 1. The van der Waals surface area contributed by atoms with Crippen molar-refractivity contribution in [1.29, 1.82) is 0 Å². The fraction of sp³-hybridized carbons (Fsp3) is 0.429. The Bertz CT molecular complexity index is 1460. The number of rotatable bonds is 10. The largest absolute Gasteiger partial charge is 0.483 e. The normalized spacial score (nSPS) is 17.8. The van der Waals surface area contributed by atoms with Gasteiger partial charge in [-0.1, -0.05) is 6.07 Å². The summed E-state index contributed by atoms with van der Waals surface area (Å²) in [5, 5.41) is 18.4. The third-order valence-corrected chi connectivity index (χ3v) is 9.24. The number of nitrogens with zero attached hydrogens (tertiary/aromatic N) is 3. The second-order valence-electron chi connectivity index (χ2n) is 10.6. The highest BCUT2D eigenvalue weighted by atomic mass is 127. The molecule has 12 heteroatoms. The minimum Gasteiger partial charge on any atom is -0.483 e. The third kappa shape index (κ3) is 8.17. The van der Waals surface area contributed by atoms with Crippen LogP contribution in [0.4, 0.5) is 5.69 Å². The maximum absolute atomic E-state index is 13.2. The van der Waals surface area contributed by atoms with E-state index in [1.807, 2.05) is 49.4 Å². The van der Waals surface area contributed by atoms with Gasteiger partial charge in [-0.05, 0) is 109 Å². The van der Waals surface area contributed by atoms with E-state index in [1.54, 1.807) is 17.8 Å². The SMILES string of the molecule is Cc1nn(-c2ccc(I)cc2)cc1C(=O)Nc1ccc(CN2CCCC([C@](C)(O)CS(C)(=O)=O)C2)c(OCI)c1. The molecule has 1 aliphatic heterocycles. The molecule has 1 aliphatic rings. The van der Waals surface area contributed by atoms with Gasteiger partial charge in [0.1, 0.15) is 20.2 Å². The molecule has 2 heterocycles. The monoisotopic (exact) mass is 792 g/mol. The summed E-state index contributed by atoms with van der Waals surface area (Å²) in [6.45, 7) is 5.46. The highest BCUT2D eigenvalue weighted by Gasteiger charge is 2.37. The number of piperidine rings is 1. The third-order valence-electron chi connectivity index (χ3n) is 7.10. The van der Waals surface area contributed by atoms with Crippen molar-refractivity contribution >= 4 is 66.6 Å². The van der Waals surface area contributed by atoms with E-state index in [4.69, 9.17) is 4.74 Å². The molecule has 2 aromatic carbocycles. The van der Waals surface area contributed by atoms with Crippen molar-refractivity contribution in [3.8, 4) is 11.4 Å². The molecule has 1 amide bonds. The number of hydrogen-bond donors (Lipinski definition) is 2. The average Bonchev–Trinajstić information content (AvgIpc) is 3.26. The molecular formula is C28H34I2N4O5S. The molecule has 0 bridgehead atoms. The molecule has 0 saturated carbocycles. The van der Waals surface area contributed by atoms with Crippen LogP contribution in [-0.2, 0) is 16.4 Å². The Balaban J connectivity index is 1.47. The number of likely N-dealkylation sites (tertiary alicyclic amines) is 1. The molecule has 4 rings (SSSR count). The summed E-state index contributed by atoms with van der Waals surface area (Å²) >= 11 is 4.39. The molecule has 2 N–H and O–H groups in total. The van der Waals surface area contributed by atoms with E-state index in [9.17, 15) is 18.3 Å². The second-order valence-corrected chi connectivity index (χ2v) is 14.6. The second kappa shape index (κ2) is 13.0. The standard InChI is InChI=1S/C28H34I2N4O5S/c1-19-25(16-34(32-19)24-10-7-22(30)8-11-24)27(35)31-23-9-6-20(26(13-23)39-18-29)14-33-12-4-5-21(15-33)28(2,36)17-40(3,37)38/h6-11,13,16,21,36H,4-5,12,14-15,17-18H2,1-3H3,(H,31,35)/t21?,28-/m1/s1. The lowest BCUT2D eigenvalue weighted by molar-refractivity contribution is -0.0171. The number of nitrogens with one attached hydrogen (secondary N) is 1. The number of carbonyl (C=O) groups excluding carboxylic acids is 1. The van der Waals surface area contributed by atoms with Crippen LogP contribution in [0.1, 0.15) is 41.4 Å². The molecule has 3 aromatic rings. The maximum atomic E-state index is 13.2. The first-order valence-electron chi connectivity index (χ1n) is 12.9. The summed E-state index contributed by atoms with van der Waals surface area (Å²) in [6.07, 6.45) is 4.54. The highest BCUT2D eigenvalue weighted by Crippen LogP contribution is 2.32. The van der Waals surface area contributed by atoms with Crippen molar-refractivity contribution in [2.45, 2.75) is 38.8 Å². The quantitative estimate of drug-likeness (QED) is 0.224. The smallest absolute Gasteiger partial charge is 0.259 e. The molecular weight excluding hydrogens is 758 g/mol. The Labute approximate surface area is 262 Å². The Morgan fingerprint density at radius 3 is 2.65 bits per heavy atom. The van der Waals surface area contributed by atoms with Gasteiger partial charge in [0.25, 0.3) is 5.91 Å².